The van der Waals surface area contributed by atoms with Crippen LogP contribution in [-0.2, 0) is 20.9 Å². The Morgan fingerprint density at radius 2 is 1.67 bits per heavy atom. The average molecular weight is 456 g/mol. The zero-order valence-electron chi connectivity index (χ0n) is 19.9. The molecule has 0 heterocycles. The molecule has 0 aliphatic heterocycles. The molecule has 0 radical (unpaired) electrons. The van der Waals surface area contributed by atoms with Gasteiger partial charge in [-0.1, -0.05) is 35.9 Å². The summed E-state index contributed by atoms with van der Waals surface area (Å²) in [4.78, 5) is 36.1. The first-order valence-corrected chi connectivity index (χ1v) is 10.8. The lowest BCUT2D eigenvalue weighted by atomic mass is 10.1. The molecule has 178 valence electrons. The number of hydrogen-bond donors (Lipinski definition) is 3. The summed E-state index contributed by atoms with van der Waals surface area (Å²) in [5.74, 6) is 0.136. The molecule has 0 aromatic heterocycles. The number of amides is 3. The van der Waals surface area contributed by atoms with E-state index in [-0.39, 0.29) is 37.9 Å². The van der Waals surface area contributed by atoms with Crippen molar-refractivity contribution in [2.24, 2.45) is 0 Å². The Hall–Kier alpha value is -3.55. The van der Waals surface area contributed by atoms with Gasteiger partial charge in [0.2, 0.25) is 5.91 Å². The van der Waals surface area contributed by atoms with E-state index < -0.39 is 11.7 Å². The predicted octanol–water partition coefficient (Wildman–Crippen LogP) is 3.85. The quantitative estimate of drug-likeness (QED) is 0.533. The van der Waals surface area contributed by atoms with Gasteiger partial charge in [-0.3, -0.25) is 9.59 Å². The van der Waals surface area contributed by atoms with Crippen LogP contribution in [0.25, 0.3) is 0 Å². The molecule has 33 heavy (non-hydrogen) atoms. The van der Waals surface area contributed by atoms with E-state index in [1.807, 2.05) is 44.2 Å². The maximum Gasteiger partial charge on any atom is 0.407 e. The van der Waals surface area contributed by atoms with E-state index in [1.165, 1.54) is 0 Å². The molecule has 0 bridgehead atoms. The van der Waals surface area contributed by atoms with Gasteiger partial charge in [0.15, 0.2) is 6.61 Å². The molecule has 0 spiro atoms. The highest BCUT2D eigenvalue weighted by Crippen LogP contribution is 2.19. The number of anilines is 1. The van der Waals surface area contributed by atoms with Crippen LogP contribution < -0.4 is 20.7 Å². The summed E-state index contributed by atoms with van der Waals surface area (Å²) in [7, 11) is 0. The minimum absolute atomic E-state index is 0.109. The van der Waals surface area contributed by atoms with Crippen molar-refractivity contribution in [1.29, 1.82) is 0 Å². The fourth-order valence-corrected chi connectivity index (χ4v) is 2.96. The Balaban J connectivity index is 1.80. The van der Waals surface area contributed by atoms with Crippen LogP contribution in [0.2, 0.25) is 0 Å². The number of hydrogen-bond acceptors (Lipinski definition) is 5. The van der Waals surface area contributed by atoms with Crippen molar-refractivity contribution < 1.29 is 23.9 Å². The highest BCUT2D eigenvalue weighted by Gasteiger charge is 2.16. The Morgan fingerprint density at radius 1 is 0.939 bits per heavy atom. The van der Waals surface area contributed by atoms with Crippen LogP contribution in [0, 0.1) is 13.8 Å². The number of para-hydroxylation sites is 1. The molecular formula is C25H33N3O5. The van der Waals surface area contributed by atoms with Gasteiger partial charge in [0.1, 0.15) is 11.4 Å². The Kier molecular flexibility index (Phi) is 9.27. The molecule has 2 rings (SSSR count). The Morgan fingerprint density at radius 3 is 2.36 bits per heavy atom. The number of nitrogens with one attached hydrogen (secondary N) is 3. The lowest BCUT2D eigenvalue weighted by Gasteiger charge is -2.19. The third-order valence-electron chi connectivity index (χ3n) is 4.48. The van der Waals surface area contributed by atoms with E-state index in [9.17, 15) is 14.4 Å². The number of ether oxygens (including phenoxy) is 2. The van der Waals surface area contributed by atoms with Gasteiger partial charge in [0, 0.05) is 25.2 Å². The molecule has 0 fully saturated rings. The molecule has 3 N–H and O–H groups in total. The van der Waals surface area contributed by atoms with Gasteiger partial charge in [-0.2, -0.15) is 0 Å². The molecule has 0 aliphatic rings. The first kappa shape index (κ1) is 25.7. The lowest BCUT2D eigenvalue weighted by molar-refractivity contribution is -0.121. The fourth-order valence-electron chi connectivity index (χ4n) is 2.96. The maximum atomic E-state index is 12.4. The van der Waals surface area contributed by atoms with Crippen molar-refractivity contribution in [1.82, 2.24) is 10.6 Å². The number of aryl methyl sites for hydroxylation is 2. The van der Waals surface area contributed by atoms with E-state index >= 15 is 0 Å². The molecule has 0 saturated carbocycles. The lowest BCUT2D eigenvalue weighted by Crippen LogP contribution is -2.35. The minimum atomic E-state index is -0.593. The second-order valence-electron chi connectivity index (χ2n) is 8.72. The van der Waals surface area contributed by atoms with Crippen LogP contribution in [0.3, 0.4) is 0 Å². The summed E-state index contributed by atoms with van der Waals surface area (Å²) in [6.45, 7) is 9.51. The highest BCUT2D eigenvalue weighted by atomic mass is 16.6. The number of carbonyl (C=O) groups excluding carboxylic acids is 3. The van der Waals surface area contributed by atoms with Crippen LogP contribution in [0.5, 0.6) is 5.75 Å². The zero-order valence-corrected chi connectivity index (χ0v) is 19.9. The highest BCUT2D eigenvalue weighted by molar-refractivity contribution is 5.92. The Bertz CT molecular complexity index is 982. The van der Waals surface area contributed by atoms with Crippen molar-refractivity contribution in [2.45, 2.75) is 53.2 Å². The number of rotatable bonds is 9. The number of carbonyl (C=O) groups is 3. The largest absolute Gasteiger partial charge is 0.483 e. The van der Waals surface area contributed by atoms with E-state index in [2.05, 4.69) is 16.0 Å². The molecule has 3 amide bonds. The maximum absolute atomic E-state index is 12.4. The van der Waals surface area contributed by atoms with Gasteiger partial charge in [-0.25, -0.2) is 4.79 Å². The van der Waals surface area contributed by atoms with Crippen molar-refractivity contribution in [3.63, 3.8) is 0 Å². The van der Waals surface area contributed by atoms with E-state index in [0.29, 0.717) is 11.4 Å². The smallest absolute Gasteiger partial charge is 0.407 e. The van der Waals surface area contributed by atoms with Gasteiger partial charge in [0.25, 0.3) is 5.91 Å². The van der Waals surface area contributed by atoms with Crippen molar-refractivity contribution in [2.75, 3.05) is 18.5 Å². The topological polar surface area (TPSA) is 106 Å². The second-order valence-corrected chi connectivity index (χ2v) is 8.72. The van der Waals surface area contributed by atoms with Gasteiger partial charge in [0.05, 0.1) is 0 Å². The van der Waals surface area contributed by atoms with E-state index in [0.717, 1.165) is 16.7 Å². The molecule has 8 nitrogen and oxygen atoms in total. The second kappa shape index (κ2) is 11.9. The average Bonchev–Trinajstić information content (AvgIpc) is 2.71. The standard InChI is InChI=1S/C25H33N3O5/c1-17-10-11-21(18(2)14-17)32-16-23(30)28-20-9-7-6-8-19(20)15-27-22(29)12-13-26-24(31)33-25(3,4)5/h6-11,14H,12-13,15-16H2,1-5H3,(H,26,31)(H,27,29)(H,28,30). The minimum Gasteiger partial charge on any atom is -0.483 e. The van der Waals surface area contributed by atoms with Gasteiger partial charge in [-0.05, 0) is 57.9 Å². The molecule has 2 aromatic carbocycles. The van der Waals surface area contributed by atoms with Gasteiger partial charge >= 0.3 is 6.09 Å². The summed E-state index contributed by atoms with van der Waals surface area (Å²) >= 11 is 0. The molecule has 2 aromatic rings. The van der Waals surface area contributed by atoms with Gasteiger partial charge < -0.3 is 25.4 Å². The monoisotopic (exact) mass is 455 g/mol. The molecule has 0 saturated heterocycles. The van der Waals surface area contributed by atoms with E-state index in [1.54, 1.807) is 32.9 Å². The summed E-state index contributed by atoms with van der Waals surface area (Å²) < 4.78 is 10.8. The molecule has 0 aliphatic carbocycles. The number of alkyl carbamates (subject to hydrolysis) is 1. The zero-order chi connectivity index (χ0) is 24.4. The SMILES string of the molecule is Cc1ccc(OCC(=O)Nc2ccccc2CNC(=O)CCNC(=O)OC(C)(C)C)c(C)c1. The summed E-state index contributed by atoms with van der Waals surface area (Å²) in [5, 5.41) is 8.17. The predicted molar refractivity (Wildman–Crippen MR) is 127 cm³/mol. The van der Waals surface area contributed by atoms with Crippen molar-refractivity contribution in [3.8, 4) is 5.75 Å². The normalized spacial score (nSPS) is 10.8. The van der Waals surface area contributed by atoms with Crippen LogP contribution in [0.15, 0.2) is 42.5 Å². The van der Waals surface area contributed by atoms with Crippen LogP contribution >= 0.6 is 0 Å². The van der Waals surface area contributed by atoms with Crippen LogP contribution in [-0.4, -0.2) is 36.7 Å². The molecular weight excluding hydrogens is 422 g/mol. The summed E-state index contributed by atoms with van der Waals surface area (Å²) in [5.41, 5.74) is 2.85. The van der Waals surface area contributed by atoms with Crippen molar-refractivity contribution in [3.05, 3.63) is 59.2 Å². The van der Waals surface area contributed by atoms with E-state index in [4.69, 9.17) is 9.47 Å². The van der Waals surface area contributed by atoms with Gasteiger partial charge in [-0.15, -0.1) is 0 Å². The number of benzene rings is 2. The summed E-state index contributed by atoms with van der Waals surface area (Å²) in [6.07, 6.45) is -0.455. The van der Waals surface area contributed by atoms with Crippen LogP contribution in [0.1, 0.15) is 43.9 Å². The van der Waals surface area contributed by atoms with Crippen LogP contribution in [0.4, 0.5) is 10.5 Å². The molecule has 0 unspecified atom stereocenters. The molecule has 8 heteroatoms. The first-order chi connectivity index (χ1) is 15.5. The third-order valence-corrected chi connectivity index (χ3v) is 4.48. The van der Waals surface area contributed by atoms with Crippen molar-refractivity contribution >= 4 is 23.6 Å². The fraction of sp³-hybridized carbons (Fsp3) is 0.400. The first-order valence-electron chi connectivity index (χ1n) is 10.8. The Labute approximate surface area is 195 Å². The summed E-state index contributed by atoms with van der Waals surface area (Å²) in [6, 6.07) is 13.0. The third kappa shape index (κ3) is 9.64. The molecule has 0 atom stereocenters.